The summed E-state index contributed by atoms with van der Waals surface area (Å²) in [6, 6.07) is 2.27. The maximum Gasteiger partial charge on any atom is 0.225 e. The van der Waals surface area contributed by atoms with Gasteiger partial charge in [0.2, 0.25) is 11.8 Å². The van der Waals surface area contributed by atoms with E-state index in [1.807, 2.05) is 24.1 Å². The monoisotopic (exact) mass is 276 g/mol. The summed E-state index contributed by atoms with van der Waals surface area (Å²) in [5, 5.41) is 7.10. The van der Waals surface area contributed by atoms with Crippen molar-refractivity contribution in [3.8, 4) is 0 Å². The minimum absolute atomic E-state index is 0.00692. The van der Waals surface area contributed by atoms with Gasteiger partial charge < -0.3 is 10.2 Å². The van der Waals surface area contributed by atoms with Gasteiger partial charge in [0.05, 0.1) is 12.5 Å². The van der Waals surface area contributed by atoms with E-state index in [4.69, 9.17) is 0 Å². The highest BCUT2D eigenvalue weighted by molar-refractivity contribution is 5.89. The van der Waals surface area contributed by atoms with Gasteiger partial charge in [-0.15, -0.1) is 0 Å². The summed E-state index contributed by atoms with van der Waals surface area (Å²) in [5.41, 5.74) is 0. The van der Waals surface area contributed by atoms with Gasteiger partial charge in [-0.3, -0.25) is 14.3 Å². The van der Waals surface area contributed by atoms with Gasteiger partial charge in [-0.1, -0.05) is 0 Å². The Morgan fingerprint density at radius 2 is 2.35 bits per heavy atom. The molecule has 2 heterocycles. The molecule has 1 saturated carbocycles. The maximum absolute atomic E-state index is 12.2. The van der Waals surface area contributed by atoms with E-state index in [1.54, 1.807) is 10.9 Å². The van der Waals surface area contributed by atoms with Crippen molar-refractivity contribution in [3.63, 3.8) is 0 Å². The first kappa shape index (κ1) is 13.1. The number of amides is 2. The summed E-state index contributed by atoms with van der Waals surface area (Å²) in [4.78, 5) is 25.9. The average molecular weight is 276 g/mol. The Kier molecular flexibility index (Phi) is 3.46. The number of likely N-dealkylation sites (tertiary alicyclic amines) is 1. The van der Waals surface area contributed by atoms with Gasteiger partial charge in [0.15, 0.2) is 0 Å². The van der Waals surface area contributed by atoms with E-state index in [2.05, 4.69) is 10.4 Å². The molecule has 1 aliphatic heterocycles. The molecule has 0 radical (unpaired) electrons. The molecule has 2 atom stereocenters. The van der Waals surface area contributed by atoms with Gasteiger partial charge in [-0.05, 0) is 25.8 Å². The number of rotatable bonds is 5. The molecule has 0 unspecified atom stereocenters. The highest BCUT2D eigenvalue weighted by atomic mass is 16.2. The van der Waals surface area contributed by atoms with E-state index >= 15 is 0 Å². The molecule has 0 spiro atoms. The zero-order chi connectivity index (χ0) is 14.1. The van der Waals surface area contributed by atoms with Crippen LogP contribution in [0.2, 0.25) is 0 Å². The Labute approximate surface area is 118 Å². The Hall–Kier alpha value is -1.85. The highest BCUT2D eigenvalue weighted by Crippen LogP contribution is 2.32. The van der Waals surface area contributed by atoms with Crippen LogP contribution in [0.4, 0.5) is 0 Å². The van der Waals surface area contributed by atoms with Crippen molar-refractivity contribution in [3.05, 3.63) is 18.5 Å². The van der Waals surface area contributed by atoms with Crippen molar-refractivity contribution in [2.75, 3.05) is 6.54 Å². The van der Waals surface area contributed by atoms with Gasteiger partial charge in [0, 0.05) is 37.4 Å². The second-order valence-corrected chi connectivity index (χ2v) is 5.82. The molecule has 0 aromatic carbocycles. The average Bonchev–Trinajstić information content (AvgIpc) is 2.97. The number of nitrogens with one attached hydrogen (secondary N) is 1. The Morgan fingerprint density at radius 1 is 1.55 bits per heavy atom. The first-order valence-electron chi connectivity index (χ1n) is 7.21. The minimum Gasteiger partial charge on any atom is -0.351 e. The van der Waals surface area contributed by atoms with Crippen LogP contribution < -0.4 is 5.32 Å². The summed E-state index contributed by atoms with van der Waals surface area (Å²) in [6.45, 7) is 3.19. The van der Waals surface area contributed by atoms with E-state index in [-0.39, 0.29) is 23.8 Å². The first-order chi connectivity index (χ1) is 9.63. The van der Waals surface area contributed by atoms with Crippen LogP contribution in [0.3, 0.4) is 0 Å². The normalized spacial score (nSPS) is 23.9. The fourth-order valence-electron chi connectivity index (χ4n) is 2.74. The molecule has 6 nitrogen and oxygen atoms in total. The molecule has 1 aromatic rings. The zero-order valence-electron chi connectivity index (χ0n) is 11.7. The molecule has 2 amide bonds. The predicted molar refractivity (Wildman–Crippen MR) is 72.7 cm³/mol. The third-order valence-electron chi connectivity index (χ3n) is 3.93. The molecule has 0 bridgehead atoms. The van der Waals surface area contributed by atoms with Gasteiger partial charge >= 0.3 is 0 Å². The summed E-state index contributed by atoms with van der Waals surface area (Å²) < 4.78 is 1.79. The van der Waals surface area contributed by atoms with Crippen molar-refractivity contribution in [2.24, 2.45) is 5.92 Å². The zero-order valence-corrected chi connectivity index (χ0v) is 11.7. The van der Waals surface area contributed by atoms with Crippen LogP contribution in [0, 0.1) is 5.92 Å². The lowest BCUT2D eigenvalue weighted by molar-refractivity contribution is -0.129. The maximum atomic E-state index is 12.2. The van der Waals surface area contributed by atoms with Crippen molar-refractivity contribution < 1.29 is 9.59 Å². The third-order valence-corrected chi connectivity index (χ3v) is 3.93. The molecule has 6 heteroatoms. The summed E-state index contributed by atoms with van der Waals surface area (Å²) in [6.07, 6.45) is 6.14. The van der Waals surface area contributed by atoms with Gasteiger partial charge in [0.25, 0.3) is 0 Å². The van der Waals surface area contributed by atoms with Crippen LogP contribution in [0.1, 0.15) is 26.2 Å². The predicted octanol–water partition coefficient (Wildman–Crippen LogP) is 0.399. The number of aromatic nitrogens is 2. The molecular weight excluding hydrogens is 256 g/mol. The standard InChI is InChI=1S/C14H20N4O2/c1-10(8-17-6-2-5-15-17)16-14(20)11-7-13(19)18(9-11)12-3-4-12/h2,5-6,10-12H,3-4,7-9H2,1H3,(H,16,20)/t10-,11-/m0/s1. The smallest absolute Gasteiger partial charge is 0.225 e. The fourth-order valence-corrected chi connectivity index (χ4v) is 2.74. The van der Waals surface area contributed by atoms with E-state index in [9.17, 15) is 9.59 Å². The van der Waals surface area contributed by atoms with Crippen molar-refractivity contribution in [1.29, 1.82) is 0 Å². The Morgan fingerprint density at radius 3 is 3.00 bits per heavy atom. The molecule has 2 aliphatic rings. The quantitative estimate of drug-likeness (QED) is 0.846. The number of hydrogen-bond acceptors (Lipinski definition) is 3. The molecular formula is C14H20N4O2. The summed E-state index contributed by atoms with van der Waals surface area (Å²) >= 11 is 0. The minimum atomic E-state index is -0.192. The van der Waals surface area contributed by atoms with E-state index < -0.39 is 0 Å². The van der Waals surface area contributed by atoms with E-state index in [0.29, 0.717) is 25.6 Å². The van der Waals surface area contributed by atoms with E-state index in [1.165, 1.54) is 0 Å². The van der Waals surface area contributed by atoms with Crippen LogP contribution >= 0.6 is 0 Å². The van der Waals surface area contributed by atoms with Crippen LogP contribution in [-0.2, 0) is 16.1 Å². The first-order valence-corrected chi connectivity index (χ1v) is 7.21. The van der Waals surface area contributed by atoms with Gasteiger partial charge in [-0.2, -0.15) is 5.10 Å². The second-order valence-electron chi connectivity index (χ2n) is 5.82. The number of carbonyl (C=O) groups is 2. The van der Waals surface area contributed by atoms with Gasteiger partial charge in [0.1, 0.15) is 0 Å². The Balaban J connectivity index is 1.50. The third kappa shape index (κ3) is 2.84. The molecule has 2 fully saturated rings. The van der Waals surface area contributed by atoms with Crippen LogP contribution in [0.5, 0.6) is 0 Å². The molecule has 3 rings (SSSR count). The van der Waals surface area contributed by atoms with Crippen LogP contribution in [-0.4, -0.2) is 45.1 Å². The number of carbonyl (C=O) groups excluding carboxylic acids is 2. The molecule has 1 aliphatic carbocycles. The summed E-state index contributed by atoms with van der Waals surface area (Å²) in [7, 11) is 0. The fraction of sp³-hybridized carbons (Fsp3) is 0.643. The largest absolute Gasteiger partial charge is 0.351 e. The molecule has 108 valence electrons. The van der Waals surface area contributed by atoms with Crippen molar-refractivity contribution >= 4 is 11.8 Å². The Bertz CT molecular complexity index is 495. The topological polar surface area (TPSA) is 67.2 Å². The van der Waals surface area contributed by atoms with Crippen LogP contribution in [0.15, 0.2) is 18.5 Å². The lowest BCUT2D eigenvalue weighted by Crippen LogP contribution is -2.40. The molecule has 20 heavy (non-hydrogen) atoms. The van der Waals surface area contributed by atoms with Crippen LogP contribution in [0.25, 0.3) is 0 Å². The van der Waals surface area contributed by atoms with Crippen molar-refractivity contribution in [1.82, 2.24) is 20.0 Å². The lowest BCUT2D eigenvalue weighted by atomic mass is 10.1. The second kappa shape index (κ2) is 5.26. The van der Waals surface area contributed by atoms with E-state index in [0.717, 1.165) is 12.8 Å². The highest BCUT2D eigenvalue weighted by Gasteiger charge is 2.41. The molecule has 1 N–H and O–H groups in total. The molecule has 1 aromatic heterocycles. The SMILES string of the molecule is C[C@@H](Cn1cccn1)NC(=O)[C@H]1CC(=O)N(C2CC2)C1. The molecule has 1 saturated heterocycles. The van der Waals surface area contributed by atoms with Crippen molar-refractivity contribution in [2.45, 2.75) is 44.8 Å². The van der Waals surface area contributed by atoms with Gasteiger partial charge in [-0.25, -0.2) is 0 Å². The number of nitrogens with zero attached hydrogens (tertiary/aromatic N) is 3. The summed E-state index contributed by atoms with van der Waals surface area (Å²) in [5.74, 6) is -0.0725. The lowest BCUT2D eigenvalue weighted by Gasteiger charge is -2.18. The number of hydrogen-bond donors (Lipinski definition) is 1.